The fraction of sp³-hybridized carbons (Fsp3) is 0.444. The van der Waals surface area contributed by atoms with Gasteiger partial charge in [-0.15, -0.1) is 0 Å². The Hall–Kier alpha value is -1.50. The molecule has 0 atom stereocenters. The summed E-state index contributed by atoms with van der Waals surface area (Å²) >= 11 is 0. The van der Waals surface area contributed by atoms with Gasteiger partial charge in [-0.05, 0) is 24.1 Å². The Bertz CT molecular complexity index is 514. The van der Waals surface area contributed by atoms with Crippen LogP contribution in [0.25, 0.3) is 0 Å². The molecule has 0 saturated heterocycles. The fourth-order valence-electron chi connectivity index (χ4n) is 2.59. The summed E-state index contributed by atoms with van der Waals surface area (Å²) in [7, 11) is 0. The van der Waals surface area contributed by atoms with Crippen LogP contribution in [0, 0.1) is 0 Å². The van der Waals surface area contributed by atoms with E-state index in [4.69, 9.17) is 0 Å². The molecule has 1 heterocycles. The monoisotopic (exact) mass is 255 g/mol. The molecule has 0 aliphatic rings. The van der Waals surface area contributed by atoms with Crippen LogP contribution in [-0.2, 0) is 18.4 Å². The maximum atomic E-state index is 2.50. The first-order valence-electron chi connectivity index (χ1n) is 7.25. The van der Waals surface area contributed by atoms with E-state index >= 15 is 0 Å². The number of nitrogens with zero attached hydrogens (tertiary/aromatic N) is 1. The van der Waals surface area contributed by atoms with E-state index in [0.717, 1.165) is 13.0 Å². The first-order valence-corrected chi connectivity index (χ1v) is 7.25. The third-order valence-corrected chi connectivity index (χ3v) is 3.53. The standard InChI is InChI=1S/C18H25N/c1-5-9-16-12-13-17(18(2,3)4)19(16)14-15-10-7-6-8-11-15/h6-8,10-13H,5,9,14H2,1-4H3. The molecule has 2 rings (SSSR count). The number of hydrogen-bond acceptors (Lipinski definition) is 0. The summed E-state index contributed by atoms with van der Waals surface area (Å²) in [5, 5.41) is 0. The molecule has 1 heteroatoms. The maximum absolute atomic E-state index is 2.50. The first-order chi connectivity index (χ1) is 9.02. The second-order valence-electron chi connectivity index (χ2n) is 6.28. The van der Waals surface area contributed by atoms with Crippen LogP contribution in [0.3, 0.4) is 0 Å². The second-order valence-corrected chi connectivity index (χ2v) is 6.28. The van der Waals surface area contributed by atoms with Crippen LogP contribution in [0.1, 0.15) is 51.1 Å². The lowest BCUT2D eigenvalue weighted by molar-refractivity contribution is 0.522. The molecule has 0 saturated carbocycles. The Morgan fingerprint density at radius 1 is 0.947 bits per heavy atom. The highest BCUT2D eigenvalue weighted by atomic mass is 15.0. The van der Waals surface area contributed by atoms with Crippen LogP contribution in [0.4, 0.5) is 0 Å². The fourth-order valence-corrected chi connectivity index (χ4v) is 2.59. The minimum atomic E-state index is 0.195. The Morgan fingerprint density at radius 2 is 1.63 bits per heavy atom. The molecule has 0 aliphatic heterocycles. The predicted molar refractivity (Wildman–Crippen MR) is 82.7 cm³/mol. The molecule has 102 valence electrons. The van der Waals surface area contributed by atoms with Crippen molar-refractivity contribution < 1.29 is 0 Å². The van der Waals surface area contributed by atoms with Crippen molar-refractivity contribution in [2.75, 3.05) is 0 Å². The smallest absolute Gasteiger partial charge is 0.0475 e. The van der Waals surface area contributed by atoms with Gasteiger partial charge < -0.3 is 4.57 Å². The highest BCUT2D eigenvalue weighted by Crippen LogP contribution is 2.26. The van der Waals surface area contributed by atoms with E-state index in [2.05, 4.69) is 74.7 Å². The van der Waals surface area contributed by atoms with Gasteiger partial charge in [0.25, 0.3) is 0 Å². The Morgan fingerprint density at radius 3 is 2.21 bits per heavy atom. The van der Waals surface area contributed by atoms with Gasteiger partial charge in [-0.2, -0.15) is 0 Å². The summed E-state index contributed by atoms with van der Waals surface area (Å²) < 4.78 is 2.50. The molecule has 19 heavy (non-hydrogen) atoms. The van der Waals surface area contributed by atoms with E-state index in [0.29, 0.717) is 0 Å². The topological polar surface area (TPSA) is 4.93 Å². The summed E-state index contributed by atoms with van der Waals surface area (Å²) in [6, 6.07) is 15.3. The van der Waals surface area contributed by atoms with Crippen molar-refractivity contribution in [3.63, 3.8) is 0 Å². The lowest BCUT2D eigenvalue weighted by Gasteiger charge is -2.23. The number of hydrogen-bond donors (Lipinski definition) is 0. The van der Waals surface area contributed by atoms with Gasteiger partial charge in [0.15, 0.2) is 0 Å². The normalized spacial score (nSPS) is 11.8. The molecule has 0 unspecified atom stereocenters. The number of benzene rings is 1. The number of aromatic nitrogens is 1. The van der Waals surface area contributed by atoms with Crippen molar-refractivity contribution in [1.82, 2.24) is 4.57 Å². The van der Waals surface area contributed by atoms with E-state index in [9.17, 15) is 0 Å². The molecular formula is C18H25N. The van der Waals surface area contributed by atoms with Crippen molar-refractivity contribution >= 4 is 0 Å². The minimum absolute atomic E-state index is 0.195. The third kappa shape index (κ3) is 3.28. The molecule has 0 fully saturated rings. The first kappa shape index (κ1) is 13.9. The van der Waals surface area contributed by atoms with Crippen LogP contribution >= 0.6 is 0 Å². The summed E-state index contributed by atoms with van der Waals surface area (Å²) in [4.78, 5) is 0. The highest BCUT2D eigenvalue weighted by molar-refractivity contribution is 5.26. The molecule has 0 amide bonds. The maximum Gasteiger partial charge on any atom is 0.0475 e. The van der Waals surface area contributed by atoms with Gasteiger partial charge in [0, 0.05) is 23.3 Å². The van der Waals surface area contributed by atoms with Crippen molar-refractivity contribution in [1.29, 1.82) is 0 Å². The summed E-state index contributed by atoms with van der Waals surface area (Å²) in [5.41, 5.74) is 4.46. The van der Waals surface area contributed by atoms with Crippen LogP contribution in [0.5, 0.6) is 0 Å². The molecule has 0 spiro atoms. The Labute approximate surface area is 117 Å². The summed E-state index contributed by atoms with van der Waals surface area (Å²) in [5.74, 6) is 0. The van der Waals surface area contributed by atoms with E-state index in [-0.39, 0.29) is 5.41 Å². The molecule has 0 radical (unpaired) electrons. The molecule has 1 aromatic heterocycles. The van der Waals surface area contributed by atoms with Gasteiger partial charge in [0.05, 0.1) is 0 Å². The van der Waals surface area contributed by atoms with Gasteiger partial charge >= 0.3 is 0 Å². The van der Waals surface area contributed by atoms with Crippen LogP contribution in [-0.4, -0.2) is 4.57 Å². The van der Waals surface area contributed by atoms with E-state index in [1.807, 2.05) is 0 Å². The van der Waals surface area contributed by atoms with E-state index in [1.54, 1.807) is 0 Å². The summed E-state index contributed by atoms with van der Waals surface area (Å²) in [6.45, 7) is 10.1. The molecule has 0 aliphatic carbocycles. The average molecular weight is 255 g/mol. The zero-order chi connectivity index (χ0) is 13.9. The van der Waals surface area contributed by atoms with Gasteiger partial charge in [-0.1, -0.05) is 64.4 Å². The van der Waals surface area contributed by atoms with Crippen molar-refractivity contribution in [3.05, 3.63) is 59.4 Å². The third-order valence-electron chi connectivity index (χ3n) is 3.53. The van der Waals surface area contributed by atoms with Gasteiger partial charge in [-0.3, -0.25) is 0 Å². The molecule has 1 nitrogen and oxygen atoms in total. The summed E-state index contributed by atoms with van der Waals surface area (Å²) in [6.07, 6.45) is 2.35. The van der Waals surface area contributed by atoms with Crippen molar-refractivity contribution in [2.24, 2.45) is 0 Å². The highest BCUT2D eigenvalue weighted by Gasteiger charge is 2.20. The van der Waals surface area contributed by atoms with Crippen LogP contribution < -0.4 is 0 Å². The Balaban J connectivity index is 2.38. The lowest BCUT2D eigenvalue weighted by Crippen LogP contribution is -2.19. The van der Waals surface area contributed by atoms with E-state index in [1.165, 1.54) is 23.4 Å². The molecule has 0 N–H and O–H groups in total. The zero-order valence-corrected chi connectivity index (χ0v) is 12.6. The van der Waals surface area contributed by atoms with Gasteiger partial charge in [0.1, 0.15) is 0 Å². The average Bonchev–Trinajstić information content (AvgIpc) is 2.74. The van der Waals surface area contributed by atoms with Crippen molar-refractivity contribution in [3.8, 4) is 0 Å². The SMILES string of the molecule is CCCc1ccc(C(C)(C)C)n1Cc1ccccc1. The van der Waals surface area contributed by atoms with Crippen LogP contribution in [0.2, 0.25) is 0 Å². The molecule has 1 aromatic carbocycles. The second kappa shape index (κ2) is 5.64. The zero-order valence-electron chi connectivity index (χ0n) is 12.6. The van der Waals surface area contributed by atoms with Crippen LogP contribution in [0.15, 0.2) is 42.5 Å². The molecular weight excluding hydrogens is 230 g/mol. The Kier molecular flexibility index (Phi) is 4.14. The largest absolute Gasteiger partial charge is 0.344 e. The van der Waals surface area contributed by atoms with E-state index < -0.39 is 0 Å². The minimum Gasteiger partial charge on any atom is -0.344 e. The number of aryl methyl sites for hydroxylation is 1. The lowest BCUT2D eigenvalue weighted by atomic mass is 9.92. The van der Waals surface area contributed by atoms with Gasteiger partial charge in [-0.25, -0.2) is 0 Å². The van der Waals surface area contributed by atoms with Gasteiger partial charge in [0.2, 0.25) is 0 Å². The number of rotatable bonds is 4. The predicted octanol–water partition coefficient (Wildman–Crippen LogP) is 4.79. The van der Waals surface area contributed by atoms with Crippen molar-refractivity contribution in [2.45, 2.75) is 52.5 Å². The molecule has 2 aromatic rings. The molecule has 0 bridgehead atoms. The quantitative estimate of drug-likeness (QED) is 0.740.